The number of hydrogen-bond acceptors (Lipinski definition) is 8. The quantitative estimate of drug-likeness (QED) is 0.0770. The zero-order chi connectivity index (χ0) is 28.6. The molecule has 0 aliphatic heterocycles. The Labute approximate surface area is 228 Å². The molecule has 0 aliphatic carbocycles. The summed E-state index contributed by atoms with van der Waals surface area (Å²) in [5, 5.41) is 23.7. The Morgan fingerprint density at radius 1 is 0.649 bits per heavy atom. The highest BCUT2D eigenvalue weighted by atomic mass is 28.4. The number of ether oxygens (including phenoxy) is 2. The van der Waals surface area contributed by atoms with Crippen molar-refractivity contribution in [3.63, 3.8) is 0 Å². The summed E-state index contributed by atoms with van der Waals surface area (Å²) >= 11 is 0. The van der Waals surface area contributed by atoms with E-state index in [9.17, 15) is 4.79 Å². The van der Waals surface area contributed by atoms with Crippen LogP contribution in [0, 0.1) is 0 Å². The van der Waals surface area contributed by atoms with Crippen LogP contribution in [0.25, 0.3) is 0 Å². The van der Waals surface area contributed by atoms with Gasteiger partial charge in [0, 0.05) is 58.7 Å². The molecule has 0 heterocycles. The highest BCUT2D eigenvalue weighted by Gasteiger charge is 2.39. The normalized spacial score (nSPS) is 11.8. The monoisotopic (exact) mass is 556 g/mol. The Hall–Kier alpha value is -0.593. The van der Waals surface area contributed by atoms with Crippen LogP contribution in [0.15, 0.2) is 0 Å². The molecule has 0 saturated heterocycles. The first-order valence-electron chi connectivity index (χ1n) is 14.4. The van der Waals surface area contributed by atoms with Crippen molar-refractivity contribution in [2.24, 2.45) is 0 Å². The van der Waals surface area contributed by atoms with Crippen LogP contribution < -0.4 is 0 Å². The van der Waals surface area contributed by atoms with Crippen molar-refractivity contribution in [3.8, 4) is 0 Å². The van der Waals surface area contributed by atoms with Crippen LogP contribution in [0.1, 0.15) is 112 Å². The molecule has 0 aromatic carbocycles. The minimum Gasteiger partial charge on any atom is -0.481 e. The van der Waals surface area contributed by atoms with Gasteiger partial charge in [-0.2, -0.15) is 0 Å². The van der Waals surface area contributed by atoms with E-state index in [1.165, 1.54) is 32.1 Å². The molecular weight excluding hydrogens is 496 g/mol. The zero-order valence-corrected chi connectivity index (χ0v) is 25.8. The third-order valence-corrected chi connectivity index (χ3v) is 8.11. The summed E-state index contributed by atoms with van der Waals surface area (Å²) in [6.45, 7) is 14.8. The SMILES string of the molecule is CCO.CCO.CCO[Si](CCCOC(C)OCCCCCCCCCCCC(=O)O)(OCC)OCC. The third-order valence-electron chi connectivity index (χ3n) is 4.96. The largest absolute Gasteiger partial charge is 0.501 e. The number of rotatable bonds is 24. The van der Waals surface area contributed by atoms with E-state index in [1.54, 1.807) is 13.8 Å². The highest BCUT2D eigenvalue weighted by Crippen LogP contribution is 2.18. The number of carbonyl (C=O) groups is 1. The van der Waals surface area contributed by atoms with Gasteiger partial charge < -0.3 is 38.1 Å². The minimum atomic E-state index is -2.57. The van der Waals surface area contributed by atoms with Gasteiger partial charge in [-0.25, -0.2) is 0 Å². The molecule has 226 valence electrons. The maximum Gasteiger partial charge on any atom is 0.501 e. The van der Waals surface area contributed by atoms with Gasteiger partial charge in [-0.1, -0.05) is 44.9 Å². The zero-order valence-electron chi connectivity index (χ0n) is 24.8. The lowest BCUT2D eigenvalue weighted by Gasteiger charge is -2.28. The van der Waals surface area contributed by atoms with Crippen LogP contribution in [0.3, 0.4) is 0 Å². The van der Waals surface area contributed by atoms with Crippen LogP contribution >= 0.6 is 0 Å². The number of carboxylic acids is 1. The molecule has 3 N–H and O–H groups in total. The third kappa shape index (κ3) is 33.4. The predicted octanol–water partition coefficient (Wildman–Crippen LogP) is 5.79. The van der Waals surface area contributed by atoms with Crippen molar-refractivity contribution in [3.05, 3.63) is 0 Å². The summed E-state index contributed by atoms with van der Waals surface area (Å²) < 4.78 is 29.1. The van der Waals surface area contributed by atoms with Gasteiger partial charge in [0.05, 0.1) is 0 Å². The number of unbranched alkanes of at least 4 members (excludes halogenated alkanes) is 8. The van der Waals surface area contributed by atoms with Crippen LogP contribution in [0.2, 0.25) is 6.04 Å². The standard InChI is InChI=1S/C23H48O7Si.2C2H6O/c1-5-28-31(29-6-2,30-7-3)21-17-20-27-22(4)26-19-16-14-12-10-8-9-11-13-15-18-23(24)25;2*1-2-3/h22H,5-21H2,1-4H3,(H,24,25);2*3H,2H2,1H3. The summed E-state index contributed by atoms with van der Waals surface area (Å²) in [5.41, 5.74) is 0. The first-order valence-corrected chi connectivity index (χ1v) is 16.3. The number of aliphatic carboxylic acids is 1. The van der Waals surface area contributed by atoms with Gasteiger partial charge in [-0.05, 0) is 60.8 Å². The first-order chi connectivity index (χ1) is 17.8. The fourth-order valence-electron chi connectivity index (χ4n) is 3.45. The van der Waals surface area contributed by atoms with Gasteiger partial charge in [0.25, 0.3) is 0 Å². The van der Waals surface area contributed by atoms with Gasteiger partial charge in [-0.15, -0.1) is 0 Å². The molecule has 0 spiro atoms. The molecule has 10 heteroatoms. The molecule has 0 rings (SSSR count). The Bertz CT molecular complexity index is 423. The molecule has 0 aliphatic rings. The molecule has 37 heavy (non-hydrogen) atoms. The average molecular weight is 557 g/mol. The van der Waals surface area contributed by atoms with E-state index in [4.69, 9.17) is 38.1 Å². The maximum atomic E-state index is 10.4. The van der Waals surface area contributed by atoms with Crippen LogP contribution in [-0.4, -0.2) is 82.6 Å². The Morgan fingerprint density at radius 2 is 1.00 bits per heavy atom. The summed E-state index contributed by atoms with van der Waals surface area (Å²) in [6, 6.07) is 0.759. The van der Waals surface area contributed by atoms with Crippen molar-refractivity contribution in [2.45, 2.75) is 125 Å². The van der Waals surface area contributed by atoms with Crippen molar-refractivity contribution in [2.75, 3.05) is 46.2 Å². The Balaban J connectivity index is -0.00000174. The lowest BCUT2D eigenvalue weighted by molar-refractivity contribution is -0.137. The molecule has 1 unspecified atom stereocenters. The van der Waals surface area contributed by atoms with Gasteiger partial charge in [-0.3, -0.25) is 4.79 Å². The molecular formula is C27H60O9Si. The van der Waals surface area contributed by atoms with Crippen molar-refractivity contribution >= 4 is 14.8 Å². The Morgan fingerprint density at radius 3 is 1.38 bits per heavy atom. The second-order valence-corrected chi connectivity index (χ2v) is 11.1. The van der Waals surface area contributed by atoms with E-state index in [-0.39, 0.29) is 19.5 Å². The van der Waals surface area contributed by atoms with Crippen LogP contribution in [0.4, 0.5) is 0 Å². The van der Waals surface area contributed by atoms with E-state index in [2.05, 4.69) is 0 Å². The molecule has 9 nitrogen and oxygen atoms in total. The average Bonchev–Trinajstić information content (AvgIpc) is 2.84. The molecule has 0 saturated carbocycles. The molecule has 0 aromatic rings. The number of carboxylic acid groups (broad SMARTS) is 1. The molecule has 0 amide bonds. The van der Waals surface area contributed by atoms with Crippen molar-refractivity contribution < 1.29 is 42.9 Å². The lowest BCUT2D eigenvalue weighted by atomic mass is 10.1. The number of aliphatic hydroxyl groups is 2. The minimum absolute atomic E-state index is 0.201. The fourth-order valence-corrected chi connectivity index (χ4v) is 6.03. The molecule has 0 fully saturated rings. The Kier molecular flexibility index (Phi) is 37.0. The van der Waals surface area contributed by atoms with Crippen molar-refractivity contribution in [1.29, 1.82) is 0 Å². The lowest BCUT2D eigenvalue weighted by Crippen LogP contribution is -2.46. The second-order valence-electron chi connectivity index (χ2n) is 8.35. The van der Waals surface area contributed by atoms with Crippen LogP contribution in [-0.2, 0) is 27.5 Å². The van der Waals surface area contributed by atoms with E-state index in [0.717, 1.165) is 44.8 Å². The molecule has 0 radical (unpaired) electrons. The smallest absolute Gasteiger partial charge is 0.481 e. The molecule has 0 bridgehead atoms. The van der Waals surface area contributed by atoms with Gasteiger partial charge in [0.15, 0.2) is 6.29 Å². The van der Waals surface area contributed by atoms with E-state index < -0.39 is 14.8 Å². The molecule has 0 aromatic heterocycles. The summed E-state index contributed by atoms with van der Waals surface area (Å²) in [6.07, 6.45) is 11.1. The number of hydrogen-bond donors (Lipinski definition) is 3. The summed E-state index contributed by atoms with van der Waals surface area (Å²) in [7, 11) is -2.57. The predicted molar refractivity (Wildman–Crippen MR) is 151 cm³/mol. The second kappa shape index (κ2) is 33.4. The fraction of sp³-hybridized carbons (Fsp3) is 0.963. The topological polar surface area (TPSA) is 124 Å². The van der Waals surface area contributed by atoms with Crippen LogP contribution in [0.5, 0.6) is 0 Å². The maximum absolute atomic E-state index is 10.4. The van der Waals surface area contributed by atoms with E-state index >= 15 is 0 Å². The van der Waals surface area contributed by atoms with Gasteiger partial charge in [0.2, 0.25) is 0 Å². The summed E-state index contributed by atoms with van der Waals surface area (Å²) in [4.78, 5) is 10.4. The highest BCUT2D eigenvalue weighted by molar-refractivity contribution is 6.60. The van der Waals surface area contributed by atoms with E-state index in [0.29, 0.717) is 32.8 Å². The summed E-state index contributed by atoms with van der Waals surface area (Å²) in [5.74, 6) is -0.685. The van der Waals surface area contributed by atoms with E-state index in [1.807, 2.05) is 27.7 Å². The molecule has 1 atom stereocenters. The van der Waals surface area contributed by atoms with Crippen molar-refractivity contribution in [1.82, 2.24) is 0 Å². The first kappa shape index (κ1) is 40.9. The van der Waals surface area contributed by atoms with Gasteiger partial charge >= 0.3 is 14.8 Å². The number of aliphatic hydroxyl groups excluding tert-OH is 2. The van der Waals surface area contributed by atoms with Gasteiger partial charge in [0.1, 0.15) is 0 Å².